The van der Waals surface area contributed by atoms with Gasteiger partial charge in [-0.05, 0) is 31.9 Å². The Morgan fingerprint density at radius 1 is 1.31 bits per heavy atom. The summed E-state index contributed by atoms with van der Waals surface area (Å²) in [7, 11) is 0. The number of nitrogens with one attached hydrogen (secondary N) is 1. The van der Waals surface area contributed by atoms with Crippen LogP contribution >= 0.6 is 0 Å². The van der Waals surface area contributed by atoms with Crippen molar-refractivity contribution in [1.29, 1.82) is 0 Å². The Balaban J connectivity index is 2.91. The maximum Gasteiger partial charge on any atom is 0.142 e. The number of nitrogens with two attached hydrogens (primary N) is 1. The Kier molecular flexibility index (Phi) is 4.55. The zero-order valence-electron chi connectivity index (χ0n) is 10.6. The van der Waals surface area contributed by atoms with Crippen molar-refractivity contribution in [3.63, 3.8) is 0 Å². The highest BCUT2D eigenvalue weighted by molar-refractivity contribution is 5.47. The van der Waals surface area contributed by atoms with Gasteiger partial charge in [0.05, 0.1) is 0 Å². The number of rotatable bonds is 5. The summed E-state index contributed by atoms with van der Waals surface area (Å²) < 4.78 is 0. The lowest BCUT2D eigenvalue weighted by Gasteiger charge is -2.29. The third-order valence-corrected chi connectivity index (χ3v) is 2.36. The van der Waals surface area contributed by atoms with Crippen molar-refractivity contribution >= 4 is 11.6 Å². The minimum absolute atomic E-state index is 0.433. The quantitative estimate of drug-likeness (QED) is 0.592. The summed E-state index contributed by atoms with van der Waals surface area (Å²) in [5.41, 5.74) is 2.58. The lowest BCUT2D eigenvalue weighted by Crippen LogP contribution is -2.34. The maximum atomic E-state index is 5.37. The molecule has 0 amide bonds. The van der Waals surface area contributed by atoms with Crippen LogP contribution in [0, 0.1) is 5.92 Å². The van der Waals surface area contributed by atoms with Crippen molar-refractivity contribution in [2.75, 3.05) is 16.9 Å². The second-order valence-electron chi connectivity index (χ2n) is 4.67. The second-order valence-corrected chi connectivity index (χ2v) is 4.67. The fourth-order valence-electron chi connectivity index (χ4n) is 1.63. The van der Waals surface area contributed by atoms with Gasteiger partial charge in [0.2, 0.25) is 0 Å². The van der Waals surface area contributed by atoms with Crippen LogP contribution in [0.1, 0.15) is 27.7 Å². The molecule has 0 aliphatic carbocycles. The van der Waals surface area contributed by atoms with Crippen molar-refractivity contribution in [2.24, 2.45) is 11.8 Å². The van der Waals surface area contributed by atoms with Gasteiger partial charge in [-0.2, -0.15) is 0 Å². The zero-order valence-corrected chi connectivity index (χ0v) is 10.6. The molecule has 0 aliphatic heterocycles. The van der Waals surface area contributed by atoms with E-state index in [1.807, 2.05) is 18.2 Å². The molecule has 4 nitrogen and oxygen atoms in total. The summed E-state index contributed by atoms with van der Waals surface area (Å²) in [5.74, 6) is 7.65. The van der Waals surface area contributed by atoms with Crippen LogP contribution in [0.3, 0.4) is 0 Å². The molecule has 16 heavy (non-hydrogen) atoms. The molecule has 0 bridgehead atoms. The smallest absolute Gasteiger partial charge is 0.142 e. The van der Waals surface area contributed by atoms with Gasteiger partial charge in [-0.15, -0.1) is 0 Å². The molecule has 1 aromatic rings. The first-order valence-corrected chi connectivity index (χ1v) is 5.75. The van der Waals surface area contributed by atoms with Gasteiger partial charge in [-0.25, -0.2) is 10.8 Å². The standard InChI is InChI=1S/C12H22N4/c1-9(2)8-16(10(3)4)12-7-5-6-11(14-12)15-13/h5-7,9-10H,8,13H2,1-4H3,(H,14,15). The number of nitrogens with zero attached hydrogens (tertiary/aromatic N) is 2. The molecule has 0 radical (unpaired) electrons. The summed E-state index contributed by atoms with van der Waals surface area (Å²) in [6.45, 7) is 9.76. The molecule has 0 unspecified atom stereocenters. The summed E-state index contributed by atoms with van der Waals surface area (Å²) in [5, 5.41) is 0. The fraction of sp³-hybridized carbons (Fsp3) is 0.583. The lowest BCUT2D eigenvalue weighted by molar-refractivity contribution is 0.566. The van der Waals surface area contributed by atoms with Crippen LogP contribution < -0.4 is 16.2 Å². The molecule has 1 aromatic heterocycles. The van der Waals surface area contributed by atoms with Gasteiger partial charge in [-0.3, -0.25) is 0 Å². The monoisotopic (exact) mass is 222 g/mol. The van der Waals surface area contributed by atoms with E-state index in [1.54, 1.807) is 0 Å². The van der Waals surface area contributed by atoms with E-state index in [4.69, 9.17) is 5.84 Å². The summed E-state index contributed by atoms with van der Waals surface area (Å²) >= 11 is 0. The molecule has 1 heterocycles. The van der Waals surface area contributed by atoms with Crippen LogP contribution in [-0.2, 0) is 0 Å². The predicted octanol–water partition coefficient (Wildman–Crippen LogP) is 2.24. The molecule has 0 aromatic carbocycles. The average molecular weight is 222 g/mol. The van der Waals surface area contributed by atoms with Crippen LogP contribution in [0.15, 0.2) is 18.2 Å². The molecule has 4 heteroatoms. The Bertz CT molecular complexity index is 323. The molecule has 0 saturated heterocycles. The molecule has 0 atom stereocenters. The summed E-state index contributed by atoms with van der Waals surface area (Å²) in [6, 6.07) is 6.27. The lowest BCUT2D eigenvalue weighted by atomic mass is 10.2. The number of aromatic nitrogens is 1. The number of pyridine rings is 1. The van der Waals surface area contributed by atoms with E-state index in [9.17, 15) is 0 Å². The number of hydrogen-bond donors (Lipinski definition) is 2. The fourth-order valence-corrected chi connectivity index (χ4v) is 1.63. The average Bonchev–Trinajstić information content (AvgIpc) is 2.25. The highest BCUT2D eigenvalue weighted by Crippen LogP contribution is 2.17. The van der Waals surface area contributed by atoms with E-state index in [1.165, 1.54) is 0 Å². The minimum Gasteiger partial charge on any atom is -0.354 e. The van der Waals surface area contributed by atoms with E-state index in [2.05, 4.69) is 43.0 Å². The highest BCUT2D eigenvalue weighted by Gasteiger charge is 2.13. The van der Waals surface area contributed by atoms with Gasteiger partial charge >= 0.3 is 0 Å². The van der Waals surface area contributed by atoms with Crippen molar-refractivity contribution in [3.05, 3.63) is 18.2 Å². The summed E-state index contributed by atoms with van der Waals surface area (Å²) in [4.78, 5) is 6.74. The molecule has 0 saturated carbocycles. The molecule has 0 spiro atoms. The molecule has 90 valence electrons. The van der Waals surface area contributed by atoms with Crippen LogP contribution in [0.25, 0.3) is 0 Å². The van der Waals surface area contributed by atoms with E-state index >= 15 is 0 Å². The SMILES string of the molecule is CC(C)CN(c1cccc(NN)n1)C(C)C. The largest absolute Gasteiger partial charge is 0.354 e. The van der Waals surface area contributed by atoms with Crippen molar-refractivity contribution in [1.82, 2.24) is 4.98 Å². The van der Waals surface area contributed by atoms with Gasteiger partial charge in [0.25, 0.3) is 0 Å². The van der Waals surface area contributed by atoms with Gasteiger partial charge in [0.1, 0.15) is 11.6 Å². The number of hydrogen-bond acceptors (Lipinski definition) is 4. The van der Waals surface area contributed by atoms with Gasteiger partial charge in [0.15, 0.2) is 0 Å². The van der Waals surface area contributed by atoms with Crippen molar-refractivity contribution in [3.8, 4) is 0 Å². The first kappa shape index (κ1) is 12.8. The zero-order chi connectivity index (χ0) is 12.1. The van der Waals surface area contributed by atoms with Crippen molar-refractivity contribution in [2.45, 2.75) is 33.7 Å². The molecular formula is C12H22N4. The maximum absolute atomic E-state index is 5.37. The Morgan fingerprint density at radius 3 is 2.50 bits per heavy atom. The van der Waals surface area contributed by atoms with Gasteiger partial charge < -0.3 is 10.3 Å². The molecule has 0 aliphatic rings. The molecular weight excluding hydrogens is 200 g/mol. The Labute approximate surface area is 97.8 Å². The van der Waals surface area contributed by atoms with Crippen LogP contribution in [-0.4, -0.2) is 17.6 Å². The molecule has 3 N–H and O–H groups in total. The third-order valence-electron chi connectivity index (χ3n) is 2.36. The van der Waals surface area contributed by atoms with Crippen LogP contribution in [0.5, 0.6) is 0 Å². The van der Waals surface area contributed by atoms with Crippen molar-refractivity contribution < 1.29 is 0 Å². The van der Waals surface area contributed by atoms with E-state index in [0.29, 0.717) is 17.8 Å². The molecule has 0 fully saturated rings. The second kappa shape index (κ2) is 5.70. The number of anilines is 2. The normalized spacial score (nSPS) is 10.9. The van der Waals surface area contributed by atoms with Crippen LogP contribution in [0.2, 0.25) is 0 Å². The van der Waals surface area contributed by atoms with Gasteiger partial charge in [0, 0.05) is 12.6 Å². The first-order chi connectivity index (χ1) is 7.54. The van der Waals surface area contributed by atoms with E-state index in [-0.39, 0.29) is 0 Å². The Morgan fingerprint density at radius 2 is 2.00 bits per heavy atom. The number of hydrazine groups is 1. The minimum atomic E-state index is 0.433. The van der Waals surface area contributed by atoms with E-state index < -0.39 is 0 Å². The summed E-state index contributed by atoms with van der Waals surface area (Å²) in [6.07, 6.45) is 0. The van der Waals surface area contributed by atoms with Crippen LogP contribution in [0.4, 0.5) is 11.6 Å². The highest BCUT2D eigenvalue weighted by atomic mass is 15.3. The topological polar surface area (TPSA) is 54.2 Å². The van der Waals surface area contributed by atoms with E-state index in [0.717, 1.165) is 12.4 Å². The number of nitrogen functional groups attached to an aromatic ring is 1. The van der Waals surface area contributed by atoms with Gasteiger partial charge in [-0.1, -0.05) is 19.9 Å². The Hall–Kier alpha value is -1.29. The first-order valence-electron chi connectivity index (χ1n) is 5.75. The third kappa shape index (κ3) is 3.38. The predicted molar refractivity (Wildman–Crippen MR) is 69.4 cm³/mol. The molecule has 1 rings (SSSR count).